The molecule has 1 saturated heterocycles. The average molecular weight is 498 g/mol. The molecule has 1 unspecified atom stereocenters. The van der Waals surface area contributed by atoms with Crippen LogP contribution in [0, 0.1) is 5.82 Å². The minimum absolute atomic E-state index is 0.0986. The third kappa shape index (κ3) is 5.85. The molecule has 0 radical (unpaired) electrons. The summed E-state index contributed by atoms with van der Waals surface area (Å²) in [4.78, 5) is 17.0. The number of thiocarbonyl (C=S) groups is 1. The molecule has 1 aliphatic rings. The van der Waals surface area contributed by atoms with Gasteiger partial charge in [-0.15, -0.1) is 0 Å². The first-order valence-corrected chi connectivity index (χ1v) is 11.7. The Morgan fingerprint density at radius 2 is 1.76 bits per heavy atom. The molecule has 5 nitrogen and oxygen atoms in total. The SMILES string of the molecule is COc1ccc(N2CC(CC(=O)Nc3ccc(Cl)cc3)N(CCc3ccc(F)cc3)C2=S)cc1. The summed E-state index contributed by atoms with van der Waals surface area (Å²) < 4.78 is 18.6. The Labute approximate surface area is 209 Å². The van der Waals surface area contributed by atoms with Crippen molar-refractivity contribution in [2.45, 2.75) is 18.9 Å². The number of halogens is 2. The largest absolute Gasteiger partial charge is 0.497 e. The van der Waals surface area contributed by atoms with E-state index in [1.165, 1.54) is 12.1 Å². The molecular formula is C26H25ClFN3O2S. The van der Waals surface area contributed by atoms with Crippen LogP contribution in [-0.2, 0) is 11.2 Å². The van der Waals surface area contributed by atoms with E-state index in [0.717, 1.165) is 17.0 Å². The Kier molecular flexibility index (Phi) is 7.65. The third-order valence-corrected chi connectivity index (χ3v) is 6.51. The highest BCUT2D eigenvalue weighted by Crippen LogP contribution is 2.28. The summed E-state index contributed by atoms with van der Waals surface area (Å²) in [5.41, 5.74) is 2.65. The summed E-state index contributed by atoms with van der Waals surface area (Å²) in [6.45, 7) is 1.21. The van der Waals surface area contributed by atoms with Crippen molar-refractivity contribution in [2.75, 3.05) is 30.4 Å². The Morgan fingerprint density at radius 3 is 2.41 bits per heavy atom. The lowest BCUT2D eigenvalue weighted by Crippen LogP contribution is -2.38. The van der Waals surface area contributed by atoms with Crippen molar-refractivity contribution in [3.8, 4) is 5.75 Å². The standard InChI is InChI=1S/C26H25ClFN3O2S/c1-33-24-12-10-22(11-13-24)31-17-23(16-25(32)29-21-8-4-19(27)5-9-21)30(26(31)34)15-14-18-2-6-20(28)7-3-18/h2-13,23H,14-17H2,1H3,(H,29,32). The van der Waals surface area contributed by atoms with Crippen LogP contribution in [0.25, 0.3) is 0 Å². The van der Waals surface area contributed by atoms with Gasteiger partial charge in [0.05, 0.1) is 13.2 Å². The van der Waals surface area contributed by atoms with Gasteiger partial charge in [0.25, 0.3) is 0 Å². The van der Waals surface area contributed by atoms with Crippen LogP contribution < -0.4 is 15.0 Å². The fourth-order valence-corrected chi connectivity index (χ4v) is 4.54. The number of rotatable bonds is 8. The van der Waals surface area contributed by atoms with Gasteiger partial charge < -0.3 is 19.9 Å². The lowest BCUT2D eigenvalue weighted by Gasteiger charge is -2.25. The maximum atomic E-state index is 13.3. The second kappa shape index (κ2) is 10.8. The number of ether oxygens (including phenoxy) is 1. The molecule has 1 N–H and O–H groups in total. The van der Waals surface area contributed by atoms with Crippen molar-refractivity contribution < 1.29 is 13.9 Å². The van der Waals surface area contributed by atoms with Crippen molar-refractivity contribution in [1.29, 1.82) is 0 Å². The van der Waals surface area contributed by atoms with Gasteiger partial charge in [0.15, 0.2) is 5.11 Å². The smallest absolute Gasteiger partial charge is 0.226 e. The highest BCUT2D eigenvalue weighted by molar-refractivity contribution is 7.80. The van der Waals surface area contributed by atoms with E-state index >= 15 is 0 Å². The number of nitrogens with one attached hydrogen (secondary N) is 1. The topological polar surface area (TPSA) is 44.8 Å². The summed E-state index contributed by atoms with van der Waals surface area (Å²) in [5, 5.41) is 4.21. The van der Waals surface area contributed by atoms with Gasteiger partial charge in [0.2, 0.25) is 5.91 Å². The molecule has 1 fully saturated rings. The molecule has 34 heavy (non-hydrogen) atoms. The van der Waals surface area contributed by atoms with E-state index in [1.807, 2.05) is 29.2 Å². The van der Waals surface area contributed by atoms with E-state index in [4.69, 9.17) is 28.6 Å². The summed E-state index contributed by atoms with van der Waals surface area (Å²) in [5.74, 6) is 0.405. The Balaban J connectivity index is 1.49. The molecule has 1 amide bonds. The maximum absolute atomic E-state index is 13.3. The number of methoxy groups -OCH3 is 1. The van der Waals surface area contributed by atoms with E-state index in [-0.39, 0.29) is 24.2 Å². The zero-order chi connectivity index (χ0) is 24.1. The molecule has 1 aliphatic heterocycles. The fraction of sp³-hybridized carbons (Fsp3) is 0.231. The lowest BCUT2D eigenvalue weighted by molar-refractivity contribution is -0.116. The summed E-state index contributed by atoms with van der Waals surface area (Å²) in [6.07, 6.45) is 0.963. The zero-order valence-electron chi connectivity index (χ0n) is 18.7. The van der Waals surface area contributed by atoms with Gasteiger partial charge in [-0.05, 0) is 84.9 Å². The second-order valence-electron chi connectivity index (χ2n) is 8.07. The molecule has 1 heterocycles. The van der Waals surface area contributed by atoms with Crippen LogP contribution in [0.5, 0.6) is 5.75 Å². The van der Waals surface area contributed by atoms with Crippen molar-refractivity contribution in [3.05, 3.63) is 89.2 Å². The molecule has 3 aromatic rings. The number of carbonyl (C=O) groups excluding carboxylic acids is 1. The first-order valence-electron chi connectivity index (χ1n) is 10.9. The maximum Gasteiger partial charge on any atom is 0.226 e. The average Bonchev–Trinajstić information content (AvgIpc) is 3.15. The normalized spacial score (nSPS) is 15.5. The third-order valence-electron chi connectivity index (χ3n) is 5.80. The number of nitrogens with zero attached hydrogens (tertiary/aromatic N) is 2. The molecular weight excluding hydrogens is 473 g/mol. The summed E-state index contributed by atoms with van der Waals surface area (Å²) in [6, 6.07) is 21.1. The highest BCUT2D eigenvalue weighted by atomic mass is 35.5. The number of benzene rings is 3. The van der Waals surface area contributed by atoms with Crippen molar-refractivity contribution in [2.24, 2.45) is 0 Å². The number of anilines is 2. The van der Waals surface area contributed by atoms with Crippen LogP contribution >= 0.6 is 23.8 Å². The van der Waals surface area contributed by atoms with Gasteiger partial charge in [-0.1, -0.05) is 23.7 Å². The van der Waals surface area contributed by atoms with Crippen molar-refractivity contribution >= 4 is 46.2 Å². The summed E-state index contributed by atoms with van der Waals surface area (Å²) in [7, 11) is 1.63. The first kappa shape index (κ1) is 24.0. The minimum Gasteiger partial charge on any atom is -0.497 e. The monoisotopic (exact) mass is 497 g/mol. The predicted octanol–water partition coefficient (Wildman–Crippen LogP) is 5.53. The molecule has 0 spiro atoms. The van der Waals surface area contributed by atoms with Crippen molar-refractivity contribution in [3.63, 3.8) is 0 Å². The molecule has 4 rings (SSSR count). The van der Waals surface area contributed by atoms with Crippen LogP contribution in [-0.4, -0.2) is 42.2 Å². The minimum atomic E-state index is -0.261. The summed E-state index contributed by atoms with van der Waals surface area (Å²) >= 11 is 11.8. The Morgan fingerprint density at radius 1 is 1.09 bits per heavy atom. The van der Waals surface area contributed by atoms with E-state index in [2.05, 4.69) is 10.2 Å². The lowest BCUT2D eigenvalue weighted by atomic mass is 10.1. The number of carbonyl (C=O) groups is 1. The van der Waals surface area contributed by atoms with Gasteiger partial charge in [-0.2, -0.15) is 0 Å². The zero-order valence-corrected chi connectivity index (χ0v) is 20.3. The Hall–Kier alpha value is -3.16. The molecule has 0 aliphatic carbocycles. The number of amides is 1. The number of hydrogen-bond acceptors (Lipinski definition) is 3. The van der Waals surface area contributed by atoms with Crippen LogP contribution in [0.15, 0.2) is 72.8 Å². The van der Waals surface area contributed by atoms with Gasteiger partial charge in [0.1, 0.15) is 11.6 Å². The molecule has 1 atom stereocenters. The predicted molar refractivity (Wildman–Crippen MR) is 138 cm³/mol. The molecule has 176 valence electrons. The molecule has 0 aromatic heterocycles. The van der Waals surface area contributed by atoms with Crippen LogP contribution in [0.2, 0.25) is 5.02 Å². The highest BCUT2D eigenvalue weighted by Gasteiger charge is 2.36. The van der Waals surface area contributed by atoms with Crippen LogP contribution in [0.3, 0.4) is 0 Å². The first-order chi connectivity index (χ1) is 16.4. The van der Waals surface area contributed by atoms with Crippen LogP contribution in [0.4, 0.5) is 15.8 Å². The molecule has 3 aromatic carbocycles. The van der Waals surface area contributed by atoms with Gasteiger partial charge in [0, 0.05) is 35.9 Å². The van der Waals surface area contributed by atoms with E-state index in [9.17, 15) is 9.18 Å². The van der Waals surface area contributed by atoms with Gasteiger partial charge >= 0.3 is 0 Å². The van der Waals surface area contributed by atoms with Crippen molar-refractivity contribution in [1.82, 2.24) is 4.90 Å². The van der Waals surface area contributed by atoms with E-state index < -0.39 is 0 Å². The van der Waals surface area contributed by atoms with E-state index in [1.54, 1.807) is 43.5 Å². The number of hydrogen-bond donors (Lipinski definition) is 1. The molecule has 0 saturated carbocycles. The van der Waals surface area contributed by atoms with E-state index in [0.29, 0.717) is 35.3 Å². The van der Waals surface area contributed by atoms with Crippen LogP contribution in [0.1, 0.15) is 12.0 Å². The second-order valence-corrected chi connectivity index (χ2v) is 8.88. The van der Waals surface area contributed by atoms with Gasteiger partial charge in [-0.3, -0.25) is 4.79 Å². The molecule has 0 bridgehead atoms. The quantitative estimate of drug-likeness (QED) is 0.414. The Bertz CT molecular complexity index is 1140. The fourth-order valence-electron chi connectivity index (χ4n) is 3.99. The molecule has 8 heteroatoms. The van der Waals surface area contributed by atoms with Gasteiger partial charge in [-0.25, -0.2) is 4.39 Å².